The maximum atomic E-state index is 9.44. The molecule has 0 bridgehead atoms. The van der Waals surface area contributed by atoms with Gasteiger partial charge in [-0.1, -0.05) is 6.92 Å². The largest absolute Gasteiger partial charge is 0.394 e. The Bertz CT molecular complexity index is 480. The monoisotopic (exact) mass is 338 g/mol. The molecule has 9 heteroatoms. The van der Waals surface area contributed by atoms with Crippen LogP contribution < -0.4 is 15.1 Å². The molecule has 2 aliphatic rings. The summed E-state index contributed by atoms with van der Waals surface area (Å²) in [6.07, 6.45) is 0.794. The predicted molar refractivity (Wildman–Crippen MR) is 90.7 cm³/mol. The SMILES string of the molecule is CCC(CO)Nc1nc(N2CCOCC2)nc(N2CCOCC2)n1. The number of morpholine rings is 2. The Morgan fingerprint density at radius 1 is 0.958 bits per heavy atom. The number of aliphatic hydroxyl groups excluding tert-OH is 1. The Kier molecular flexibility index (Phi) is 6.00. The molecule has 0 aromatic carbocycles. The van der Waals surface area contributed by atoms with Crippen molar-refractivity contribution in [2.75, 3.05) is 74.3 Å². The fourth-order valence-corrected chi connectivity index (χ4v) is 2.69. The summed E-state index contributed by atoms with van der Waals surface area (Å²) in [5, 5.41) is 12.6. The molecule has 1 aromatic heterocycles. The zero-order valence-corrected chi connectivity index (χ0v) is 14.1. The van der Waals surface area contributed by atoms with Gasteiger partial charge < -0.3 is 29.7 Å². The second-order valence-electron chi connectivity index (χ2n) is 5.89. The van der Waals surface area contributed by atoms with Gasteiger partial charge in [0.2, 0.25) is 17.8 Å². The predicted octanol–water partition coefficient (Wildman–Crippen LogP) is -0.272. The topological polar surface area (TPSA) is 95.9 Å². The number of nitrogens with zero attached hydrogens (tertiary/aromatic N) is 5. The van der Waals surface area contributed by atoms with Crippen LogP contribution in [0.3, 0.4) is 0 Å². The van der Waals surface area contributed by atoms with Crippen LogP contribution >= 0.6 is 0 Å². The number of anilines is 3. The smallest absolute Gasteiger partial charge is 0.232 e. The van der Waals surface area contributed by atoms with Crippen molar-refractivity contribution in [3.8, 4) is 0 Å². The zero-order valence-electron chi connectivity index (χ0n) is 14.1. The first-order valence-corrected chi connectivity index (χ1v) is 8.59. The number of nitrogens with one attached hydrogen (secondary N) is 1. The summed E-state index contributed by atoms with van der Waals surface area (Å²) in [5.74, 6) is 1.82. The van der Waals surface area contributed by atoms with Crippen LogP contribution in [0.25, 0.3) is 0 Å². The van der Waals surface area contributed by atoms with Crippen molar-refractivity contribution in [3.05, 3.63) is 0 Å². The minimum atomic E-state index is -0.0671. The number of aromatic nitrogens is 3. The molecular formula is C15H26N6O3. The third-order valence-corrected chi connectivity index (χ3v) is 4.25. The normalized spacial score (nSPS) is 20.1. The molecule has 134 valence electrons. The number of aliphatic hydroxyl groups is 1. The van der Waals surface area contributed by atoms with Crippen molar-refractivity contribution in [2.45, 2.75) is 19.4 Å². The second-order valence-corrected chi connectivity index (χ2v) is 5.89. The first-order valence-electron chi connectivity index (χ1n) is 8.59. The zero-order chi connectivity index (χ0) is 16.8. The van der Waals surface area contributed by atoms with Crippen LogP contribution in [0.15, 0.2) is 0 Å². The number of rotatable bonds is 6. The van der Waals surface area contributed by atoms with Crippen LogP contribution in [0.1, 0.15) is 13.3 Å². The van der Waals surface area contributed by atoms with Crippen LogP contribution in [0.5, 0.6) is 0 Å². The maximum absolute atomic E-state index is 9.44. The van der Waals surface area contributed by atoms with Crippen LogP contribution in [-0.4, -0.2) is 85.3 Å². The minimum Gasteiger partial charge on any atom is -0.394 e. The number of hydrogen-bond donors (Lipinski definition) is 2. The molecule has 0 spiro atoms. The molecule has 1 unspecified atom stereocenters. The summed E-state index contributed by atoms with van der Waals surface area (Å²) in [4.78, 5) is 18.0. The quantitative estimate of drug-likeness (QED) is 0.726. The minimum absolute atomic E-state index is 0.0436. The van der Waals surface area contributed by atoms with E-state index in [1.165, 1.54) is 0 Å². The summed E-state index contributed by atoms with van der Waals surface area (Å²) in [7, 11) is 0. The van der Waals surface area contributed by atoms with Gasteiger partial charge in [-0.3, -0.25) is 0 Å². The Morgan fingerprint density at radius 3 is 1.88 bits per heavy atom. The summed E-state index contributed by atoms with van der Waals surface area (Å²) >= 11 is 0. The standard InChI is InChI=1S/C15H26N6O3/c1-2-12(11-22)16-13-17-14(20-3-7-23-8-4-20)19-15(18-13)21-5-9-24-10-6-21/h12,22H,2-11H2,1H3,(H,16,17,18,19). The van der Waals surface area contributed by atoms with Gasteiger partial charge >= 0.3 is 0 Å². The van der Waals surface area contributed by atoms with E-state index in [-0.39, 0.29) is 12.6 Å². The summed E-state index contributed by atoms with van der Waals surface area (Å²) in [6, 6.07) is -0.0671. The lowest BCUT2D eigenvalue weighted by Gasteiger charge is -2.30. The molecule has 9 nitrogen and oxygen atoms in total. The Hall–Kier alpha value is -1.71. The summed E-state index contributed by atoms with van der Waals surface area (Å²) in [5.41, 5.74) is 0. The fourth-order valence-electron chi connectivity index (χ4n) is 2.69. The van der Waals surface area contributed by atoms with Crippen molar-refractivity contribution >= 4 is 17.8 Å². The van der Waals surface area contributed by atoms with Gasteiger partial charge in [0.05, 0.1) is 39.1 Å². The summed E-state index contributed by atoms with van der Waals surface area (Å²) in [6.45, 7) is 7.83. The first kappa shape index (κ1) is 17.1. The van der Waals surface area contributed by atoms with E-state index < -0.39 is 0 Å². The third-order valence-electron chi connectivity index (χ3n) is 4.25. The Balaban J connectivity index is 1.85. The Morgan fingerprint density at radius 2 is 1.46 bits per heavy atom. The molecule has 0 radical (unpaired) electrons. The van der Waals surface area contributed by atoms with Gasteiger partial charge in [0.15, 0.2) is 0 Å². The van der Waals surface area contributed by atoms with Crippen molar-refractivity contribution in [2.24, 2.45) is 0 Å². The average Bonchev–Trinajstić information content (AvgIpc) is 2.67. The van der Waals surface area contributed by atoms with Gasteiger partial charge in [-0.05, 0) is 6.42 Å². The molecule has 0 amide bonds. The van der Waals surface area contributed by atoms with E-state index in [1.54, 1.807) is 0 Å². The van der Waals surface area contributed by atoms with Gasteiger partial charge in [0, 0.05) is 26.2 Å². The van der Waals surface area contributed by atoms with E-state index in [9.17, 15) is 5.11 Å². The molecule has 2 fully saturated rings. The molecule has 2 saturated heterocycles. The average molecular weight is 338 g/mol. The van der Waals surface area contributed by atoms with E-state index in [2.05, 4.69) is 30.1 Å². The third kappa shape index (κ3) is 4.22. The van der Waals surface area contributed by atoms with Gasteiger partial charge in [-0.15, -0.1) is 0 Å². The molecule has 0 saturated carbocycles. The van der Waals surface area contributed by atoms with Crippen LogP contribution in [0.4, 0.5) is 17.8 Å². The van der Waals surface area contributed by atoms with E-state index in [0.717, 1.165) is 32.6 Å². The molecular weight excluding hydrogens is 312 g/mol. The van der Waals surface area contributed by atoms with Crippen LogP contribution in [0, 0.1) is 0 Å². The lowest BCUT2D eigenvalue weighted by molar-refractivity contribution is 0.121. The van der Waals surface area contributed by atoms with E-state index in [4.69, 9.17) is 9.47 Å². The van der Waals surface area contributed by atoms with Crippen molar-refractivity contribution in [3.63, 3.8) is 0 Å². The van der Waals surface area contributed by atoms with E-state index >= 15 is 0 Å². The summed E-state index contributed by atoms with van der Waals surface area (Å²) < 4.78 is 10.8. The highest BCUT2D eigenvalue weighted by atomic mass is 16.5. The lowest BCUT2D eigenvalue weighted by atomic mass is 10.2. The molecule has 1 atom stereocenters. The molecule has 24 heavy (non-hydrogen) atoms. The molecule has 3 heterocycles. The fraction of sp³-hybridized carbons (Fsp3) is 0.800. The maximum Gasteiger partial charge on any atom is 0.232 e. The van der Waals surface area contributed by atoms with E-state index in [1.807, 2.05) is 6.92 Å². The molecule has 3 rings (SSSR count). The van der Waals surface area contributed by atoms with Gasteiger partial charge in [0.1, 0.15) is 0 Å². The highest BCUT2D eigenvalue weighted by molar-refractivity contribution is 5.46. The van der Waals surface area contributed by atoms with Crippen molar-refractivity contribution in [1.29, 1.82) is 0 Å². The Labute approximate surface area is 142 Å². The second kappa shape index (κ2) is 8.41. The lowest BCUT2D eigenvalue weighted by Crippen LogP contribution is -2.40. The van der Waals surface area contributed by atoms with Crippen LogP contribution in [0.2, 0.25) is 0 Å². The molecule has 2 aliphatic heterocycles. The van der Waals surface area contributed by atoms with E-state index in [0.29, 0.717) is 44.3 Å². The van der Waals surface area contributed by atoms with Gasteiger partial charge in [-0.25, -0.2) is 0 Å². The number of hydrogen-bond acceptors (Lipinski definition) is 9. The van der Waals surface area contributed by atoms with Crippen molar-refractivity contribution in [1.82, 2.24) is 15.0 Å². The van der Waals surface area contributed by atoms with Crippen LogP contribution in [-0.2, 0) is 9.47 Å². The van der Waals surface area contributed by atoms with Crippen molar-refractivity contribution < 1.29 is 14.6 Å². The van der Waals surface area contributed by atoms with Gasteiger partial charge in [0.25, 0.3) is 0 Å². The first-order chi connectivity index (χ1) is 11.8. The van der Waals surface area contributed by atoms with Gasteiger partial charge in [-0.2, -0.15) is 15.0 Å². The molecule has 0 aliphatic carbocycles. The highest BCUT2D eigenvalue weighted by Crippen LogP contribution is 2.19. The highest BCUT2D eigenvalue weighted by Gasteiger charge is 2.21. The molecule has 1 aromatic rings. The molecule has 2 N–H and O–H groups in total. The number of ether oxygens (including phenoxy) is 2.